The molecule has 3 rings (SSSR count). The van der Waals surface area contributed by atoms with Gasteiger partial charge in [0.05, 0.1) is 10.6 Å². The quantitative estimate of drug-likeness (QED) is 0.245. The van der Waals surface area contributed by atoms with Gasteiger partial charge in [0.25, 0.3) is 0 Å². The van der Waals surface area contributed by atoms with Crippen molar-refractivity contribution in [2.75, 3.05) is 17.7 Å². The van der Waals surface area contributed by atoms with E-state index in [1.807, 2.05) is 0 Å². The van der Waals surface area contributed by atoms with Crippen LogP contribution >= 0.6 is 34.9 Å². The SMILES string of the molecule is CS(=O)(=O)c1ccc(-c2csc(N(CCCC(=O)O)Cc3ccc(C(F)(F)P(=O)(O)O)c(Br)c3)n2)cc1. The van der Waals surface area contributed by atoms with Gasteiger partial charge in [-0.2, -0.15) is 8.78 Å². The number of alkyl halides is 2. The fraction of sp³-hybridized carbons (Fsp3) is 0.273. The third kappa shape index (κ3) is 7.21. The van der Waals surface area contributed by atoms with Gasteiger partial charge in [-0.1, -0.05) is 40.2 Å². The smallest absolute Gasteiger partial charge is 0.399 e. The number of aromatic nitrogens is 1. The summed E-state index contributed by atoms with van der Waals surface area (Å²) in [6, 6.07) is 9.77. The van der Waals surface area contributed by atoms with Crippen LogP contribution in [0, 0.1) is 0 Å². The lowest BCUT2D eigenvalue weighted by Gasteiger charge is -2.23. The third-order valence-corrected chi connectivity index (χ3v) is 8.91. The molecule has 0 saturated heterocycles. The first kappa shape index (κ1) is 29.3. The average Bonchev–Trinajstić information content (AvgIpc) is 3.27. The molecule has 0 unspecified atom stereocenters. The Bertz CT molecular complexity index is 1440. The first-order valence-corrected chi connectivity index (χ1v) is 15.7. The fourth-order valence-electron chi connectivity index (χ4n) is 3.36. The molecule has 0 amide bonds. The number of anilines is 1. The highest BCUT2D eigenvalue weighted by Crippen LogP contribution is 2.60. The number of sulfone groups is 1. The minimum Gasteiger partial charge on any atom is -0.481 e. The summed E-state index contributed by atoms with van der Waals surface area (Å²) in [5.41, 5.74) is -3.46. The van der Waals surface area contributed by atoms with Gasteiger partial charge in [-0.05, 0) is 30.2 Å². The van der Waals surface area contributed by atoms with E-state index in [1.165, 1.54) is 35.6 Å². The van der Waals surface area contributed by atoms with Crippen molar-refractivity contribution >= 4 is 55.8 Å². The van der Waals surface area contributed by atoms with Crippen LogP contribution in [0.5, 0.6) is 0 Å². The summed E-state index contributed by atoms with van der Waals surface area (Å²) < 4.78 is 62.8. The number of aliphatic carboxylic acids is 1. The van der Waals surface area contributed by atoms with E-state index in [-0.39, 0.29) is 35.3 Å². The lowest BCUT2D eigenvalue weighted by atomic mass is 10.1. The molecule has 0 aliphatic heterocycles. The van der Waals surface area contributed by atoms with Gasteiger partial charge in [0, 0.05) is 46.7 Å². The van der Waals surface area contributed by atoms with Gasteiger partial charge in [-0.3, -0.25) is 9.36 Å². The normalized spacial score (nSPS) is 12.5. The number of nitrogens with zero attached hydrogens (tertiary/aromatic N) is 2. The summed E-state index contributed by atoms with van der Waals surface area (Å²) in [5, 5.41) is 11.3. The van der Waals surface area contributed by atoms with Crippen LogP contribution in [0.2, 0.25) is 0 Å². The van der Waals surface area contributed by atoms with Gasteiger partial charge >= 0.3 is 19.2 Å². The summed E-state index contributed by atoms with van der Waals surface area (Å²) in [5.74, 6) is -0.975. The maximum absolute atomic E-state index is 14.2. The number of halogens is 3. The van der Waals surface area contributed by atoms with Crippen LogP contribution in [0.4, 0.5) is 13.9 Å². The van der Waals surface area contributed by atoms with E-state index in [1.54, 1.807) is 22.4 Å². The molecule has 0 bridgehead atoms. The zero-order valence-corrected chi connectivity index (χ0v) is 23.3. The number of carbonyl (C=O) groups is 1. The minimum absolute atomic E-state index is 0.0984. The highest BCUT2D eigenvalue weighted by molar-refractivity contribution is 9.10. The monoisotopic (exact) mass is 638 g/mol. The van der Waals surface area contributed by atoms with E-state index in [4.69, 9.17) is 14.9 Å². The lowest BCUT2D eigenvalue weighted by Crippen LogP contribution is -2.24. The van der Waals surface area contributed by atoms with E-state index < -0.39 is 34.6 Å². The van der Waals surface area contributed by atoms with Crippen molar-refractivity contribution in [3.8, 4) is 11.3 Å². The van der Waals surface area contributed by atoms with Gasteiger partial charge in [0.2, 0.25) is 0 Å². The van der Waals surface area contributed by atoms with Gasteiger partial charge in [-0.25, -0.2) is 13.4 Å². The van der Waals surface area contributed by atoms with E-state index in [0.717, 1.165) is 12.3 Å². The molecule has 3 N–H and O–H groups in total. The molecule has 0 aliphatic rings. The van der Waals surface area contributed by atoms with Crippen molar-refractivity contribution < 1.29 is 41.5 Å². The van der Waals surface area contributed by atoms with Crippen molar-refractivity contribution in [1.82, 2.24) is 4.98 Å². The van der Waals surface area contributed by atoms with Gasteiger partial charge in [-0.15, -0.1) is 11.3 Å². The maximum Gasteiger partial charge on any atom is 0.399 e. The molecule has 15 heteroatoms. The molecule has 9 nitrogen and oxygen atoms in total. The topological polar surface area (TPSA) is 145 Å². The molecule has 0 fully saturated rings. The maximum atomic E-state index is 14.2. The summed E-state index contributed by atoms with van der Waals surface area (Å²) in [6.45, 7) is 0.435. The summed E-state index contributed by atoms with van der Waals surface area (Å²) in [6.07, 6.45) is 1.29. The van der Waals surface area contributed by atoms with E-state index >= 15 is 0 Å². The standard InChI is InChI=1S/C22H22BrF2N2O7PS2/c1-37(33,34)16-7-5-15(6-8-16)19-13-36-21(26-19)27(10-2-3-20(28)29)12-14-4-9-17(18(23)11-14)22(24,25)35(30,31)32/h4-9,11,13H,2-3,10,12H2,1H3,(H,28,29)(H2,30,31,32). The highest BCUT2D eigenvalue weighted by Gasteiger charge is 2.51. The van der Waals surface area contributed by atoms with E-state index in [0.29, 0.717) is 22.0 Å². The summed E-state index contributed by atoms with van der Waals surface area (Å²) in [7, 11) is -9.10. The van der Waals surface area contributed by atoms with Gasteiger partial charge in [0.1, 0.15) is 0 Å². The third-order valence-electron chi connectivity index (χ3n) is 5.26. The number of rotatable bonds is 11. The molecule has 0 radical (unpaired) electrons. The van der Waals surface area contributed by atoms with Crippen LogP contribution in [0.1, 0.15) is 24.0 Å². The highest BCUT2D eigenvalue weighted by atomic mass is 79.9. The molecule has 37 heavy (non-hydrogen) atoms. The van der Waals surface area contributed by atoms with Crippen molar-refractivity contribution in [1.29, 1.82) is 0 Å². The zero-order chi connectivity index (χ0) is 27.6. The van der Waals surface area contributed by atoms with Crippen molar-refractivity contribution in [3.63, 3.8) is 0 Å². The molecular formula is C22H22BrF2N2O7PS2. The predicted octanol–water partition coefficient (Wildman–Crippen LogP) is 5.07. The molecule has 1 heterocycles. The van der Waals surface area contributed by atoms with Crippen LogP contribution in [0.15, 0.2) is 57.2 Å². The van der Waals surface area contributed by atoms with Crippen LogP contribution in [0.3, 0.4) is 0 Å². The molecule has 0 spiro atoms. The fourth-order valence-corrected chi connectivity index (χ4v) is 6.19. The molecule has 0 atom stereocenters. The number of carboxylic acid groups (broad SMARTS) is 1. The van der Waals surface area contributed by atoms with Crippen LogP contribution in [-0.2, 0) is 31.4 Å². The Balaban J connectivity index is 1.88. The van der Waals surface area contributed by atoms with Gasteiger partial charge < -0.3 is 19.8 Å². The predicted molar refractivity (Wildman–Crippen MR) is 139 cm³/mol. The number of hydrogen-bond acceptors (Lipinski definition) is 7. The Labute approximate surface area is 224 Å². The molecule has 0 aliphatic carbocycles. The second-order valence-corrected chi connectivity index (χ2v) is 13.5. The summed E-state index contributed by atoms with van der Waals surface area (Å²) in [4.78, 5) is 35.6. The molecule has 1 aromatic heterocycles. The van der Waals surface area contributed by atoms with Crippen LogP contribution < -0.4 is 4.90 Å². The zero-order valence-electron chi connectivity index (χ0n) is 19.2. The van der Waals surface area contributed by atoms with Crippen LogP contribution in [-0.4, -0.2) is 47.1 Å². The second-order valence-electron chi connectivity index (χ2n) is 8.13. The van der Waals surface area contributed by atoms with E-state index in [2.05, 4.69) is 20.9 Å². The first-order valence-electron chi connectivity index (χ1n) is 10.5. The van der Waals surface area contributed by atoms with Crippen LogP contribution in [0.25, 0.3) is 11.3 Å². The first-order chi connectivity index (χ1) is 17.1. The Morgan fingerprint density at radius 1 is 1.19 bits per heavy atom. The number of benzene rings is 2. The Morgan fingerprint density at radius 2 is 1.84 bits per heavy atom. The van der Waals surface area contributed by atoms with Crippen molar-refractivity contribution in [2.45, 2.75) is 29.9 Å². The molecule has 200 valence electrons. The number of thiazole rings is 1. The Kier molecular flexibility index (Phi) is 8.93. The van der Waals surface area contributed by atoms with Crippen molar-refractivity contribution in [2.24, 2.45) is 0 Å². The Morgan fingerprint density at radius 3 is 2.38 bits per heavy atom. The lowest BCUT2D eigenvalue weighted by molar-refractivity contribution is -0.137. The average molecular weight is 639 g/mol. The number of carboxylic acids is 1. The molecular weight excluding hydrogens is 617 g/mol. The Hall–Kier alpha value is -2.22. The largest absolute Gasteiger partial charge is 0.481 e. The molecule has 3 aromatic rings. The second kappa shape index (κ2) is 11.3. The number of hydrogen-bond donors (Lipinski definition) is 3. The van der Waals surface area contributed by atoms with E-state index in [9.17, 15) is 26.6 Å². The van der Waals surface area contributed by atoms with Gasteiger partial charge in [0.15, 0.2) is 15.0 Å². The minimum atomic E-state index is -5.74. The molecule has 0 saturated carbocycles. The summed E-state index contributed by atoms with van der Waals surface area (Å²) >= 11 is 4.24. The molecule has 2 aromatic carbocycles. The van der Waals surface area contributed by atoms with Crippen molar-refractivity contribution in [3.05, 3.63) is 63.4 Å².